The molecule has 0 aliphatic carbocycles. The van der Waals surface area contributed by atoms with Gasteiger partial charge in [0.05, 0.1) is 18.2 Å². The van der Waals surface area contributed by atoms with Crippen LogP contribution >= 0.6 is 0 Å². The number of hydrogen-bond acceptors (Lipinski definition) is 6. The predicted molar refractivity (Wildman–Crippen MR) is 123 cm³/mol. The molecule has 0 bridgehead atoms. The Balaban J connectivity index is 1.81. The lowest BCUT2D eigenvalue weighted by atomic mass is 9.85. The summed E-state index contributed by atoms with van der Waals surface area (Å²) in [6.45, 7) is 7.71. The van der Waals surface area contributed by atoms with E-state index in [9.17, 15) is 14.7 Å². The fourth-order valence-corrected chi connectivity index (χ4v) is 4.16. The van der Waals surface area contributed by atoms with E-state index in [0.717, 1.165) is 11.1 Å². The van der Waals surface area contributed by atoms with E-state index < -0.39 is 17.7 Å². The zero-order valence-corrected chi connectivity index (χ0v) is 19.4. The van der Waals surface area contributed by atoms with Crippen molar-refractivity contribution in [3.8, 4) is 11.5 Å². The number of ether oxygens (including phenoxy) is 3. The van der Waals surface area contributed by atoms with Gasteiger partial charge in [-0.2, -0.15) is 0 Å². The van der Waals surface area contributed by atoms with Crippen LogP contribution in [0.3, 0.4) is 0 Å². The minimum atomic E-state index is -0.720. The van der Waals surface area contributed by atoms with Crippen molar-refractivity contribution < 1.29 is 28.9 Å². The van der Waals surface area contributed by atoms with E-state index in [1.807, 2.05) is 24.3 Å². The summed E-state index contributed by atoms with van der Waals surface area (Å²) in [7, 11) is 1.54. The highest BCUT2D eigenvalue weighted by Gasteiger charge is 2.46. The topological polar surface area (TPSA) is 85.3 Å². The molecule has 1 saturated heterocycles. The minimum absolute atomic E-state index is 0.0401. The van der Waals surface area contributed by atoms with Gasteiger partial charge in [0.1, 0.15) is 19.0 Å². The highest BCUT2D eigenvalue weighted by molar-refractivity contribution is 6.46. The number of aliphatic hydroxyl groups excluding tert-OH is 1. The molecule has 1 unspecified atom stereocenters. The highest BCUT2D eigenvalue weighted by Crippen LogP contribution is 2.41. The highest BCUT2D eigenvalue weighted by atomic mass is 16.6. The molecule has 4 rings (SSSR count). The number of rotatable bonds is 5. The van der Waals surface area contributed by atoms with E-state index in [2.05, 4.69) is 20.8 Å². The van der Waals surface area contributed by atoms with Crippen LogP contribution < -0.4 is 9.47 Å². The number of hydrogen-bond donors (Lipinski definition) is 1. The number of benzene rings is 2. The number of nitrogens with zero attached hydrogens (tertiary/aromatic N) is 1. The summed E-state index contributed by atoms with van der Waals surface area (Å²) < 4.78 is 16.3. The van der Waals surface area contributed by atoms with Crippen molar-refractivity contribution >= 4 is 17.4 Å². The first-order valence-corrected chi connectivity index (χ1v) is 11.0. The van der Waals surface area contributed by atoms with Crippen LogP contribution in [0.2, 0.25) is 0 Å². The summed E-state index contributed by atoms with van der Waals surface area (Å²) >= 11 is 0. The average molecular weight is 452 g/mol. The maximum absolute atomic E-state index is 13.1. The molecule has 0 saturated carbocycles. The maximum Gasteiger partial charge on any atom is 0.295 e. The molecule has 2 aromatic carbocycles. The van der Waals surface area contributed by atoms with E-state index in [0.29, 0.717) is 30.3 Å². The van der Waals surface area contributed by atoms with E-state index >= 15 is 0 Å². The van der Waals surface area contributed by atoms with Gasteiger partial charge in [-0.1, -0.05) is 45.0 Å². The lowest BCUT2D eigenvalue weighted by Gasteiger charge is -2.26. The molecule has 2 heterocycles. The molecular formula is C26H29NO6. The fourth-order valence-electron chi connectivity index (χ4n) is 4.16. The molecule has 1 amide bonds. The predicted octanol–water partition coefficient (Wildman–Crippen LogP) is 3.82. The Morgan fingerprint density at radius 2 is 1.73 bits per heavy atom. The maximum atomic E-state index is 13.1. The van der Waals surface area contributed by atoms with E-state index in [1.54, 1.807) is 25.3 Å². The third kappa shape index (κ3) is 4.33. The van der Waals surface area contributed by atoms with Gasteiger partial charge in [-0.25, -0.2) is 0 Å². The van der Waals surface area contributed by atoms with Gasteiger partial charge in [-0.3, -0.25) is 9.59 Å². The molecule has 7 heteroatoms. The number of methoxy groups -OCH3 is 1. The number of aliphatic hydroxyl groups is 1. The van der Waals surface area contributed by atoms with E-state index in [-0.39, 0.29) is 29.9 Å². The summed E-state index contributed by atoms with van der Waals surface area (Å²) in [5.41, 5.74) is 2.28. The summed E-state index contributed by atoms with van der Waals surface area (Å²) in [6.07, 6.45) is 0. The van der Waals surface area contributed by atoms with Crippen molar-refractivity contribution in [2.24, 2.45) is 0 Å². The quantitative estimate of drug-likeness (QED) is 0.423. The van der Waals surface area contributed by atoms with Gasteiger partial charge in [-0.05, 0) is 34.7 Å². The molecule has 0 spiro atoms. The fraction of sp³-hybridized carbons (Fsp3) is 0.385. The van der Waals surface area contributed by atoms with Crippen molar-refractivity contribution in [3.05, 3.63) is 64.7 Å². The van der Waals surface area contributed by atoms with Crippen molar-refractivity contribution in [1.82, 2.24) is 4.90 Å². The van der Waals surface area contributed by atoms with Gasteiger partial charge in [0.2, 0.25) is 0 Å². The Hall–Kier alpha value is -3.32. The van der Waals surface area contributed by atoms with Crippen molar-refractivity contribution in [2.75, 3.05) is 33.5 Å². The van der Waals surface area contributed by atoms with Gasteiger partial charge in [0, 0.05) is 19.2 Å². The molecule has 33 heavy (non-hydrogen) atoms. The number of ketones is 1. The second-order valence-corrected chi connectivity index (χ2v) is 9.22. The molecule has 2 aliphatic rings. The van der Waals surface area contributed by atoms with Gasteiger partial charge in [0.15, 0.2) is 11.5 Å². The molecule has 7 nitrogen and oxygen atoms in total. The number of carbonyl (C=O) groups excluding carboxylic acids is 2. The molecule has 1 N–H and O–H groups in total. The van der Waals surface area contributed by atoms with Crippen molar-refractivity contribution in [3.63, 3.8) is 0 Å². The van der Waals surface area contributed by atoms with Gasteiger partial charge in [0.25, 0.3) is 11.7 Å². The van der Waals surface area contributed by atoms with Crippen LogP contribution in [-0.2, 0) is 19.7 Å². The van der Waals surface area contributed by atoms with Gasteiger partial charge in [-0.15, -0.1) is 0 Å². The van der Waals surface area contributed by atoms with Crippen LogP contribution in [0.5, 0.6) is 11.5 Å². The number of fused-ring (bicyclic) bond motifs is 1. The van der Waals surface area contributed by atoms with Crippen LogP contribution in [0.15, 0.2) is 48.0 Å². The molecule has 2 aliphatic heterocycles. The Morgan fingerprint density at radius 1 is 1.06 bits per heavy atom. The zero-order valence-electron chi connectivity index (χ0n) is 19.4. The van der Waals surface area contributed by atoms with Crippen molar-refractivity contribution in [2.45, 2.75) is 32.2 Å². The molecular weight excluding hydrogens is 422 g/mol. The number of Topliss-reactive ketones (excluding diaryl/α,β-unsaturated/α-hetero) is 1. The minimum Gasteiger partial charge on any atom is -0.507 e. The summed E-state index contributed by atoms with van der Waals surface area (Å²) in [4.78, 5) is 27.5. The van der Waals surface area contributed by atoms with Crippen LogP contribution in [0.25, 0.3) is 5.76 Å². The third-order valence-electron chi connectivity index (χ3n) is 5.98. The zero-order chi connectivity index (χ0) is 23.8. The Bertz CT molecular complexity index is 1100. The van der Waals surface area contributed by atoms with Gasteiger partial charge < -0.3 is 24.2 Å². The third-order valence-corrected chi connectivity index (χ3v) is 5.98. The first-order valence-electron chi connectivity index (χ1n) is 11.0. The summed E-state index contributed by atoms with van der Waals surface area (Å²) in [5.74, 6) is -0.549. The first kappa shape index (κ1) is 22.9. The molecule has 1 fully saturated rings. The van der Waals surface area contributed by atoms with Crippen LogP contribution in [-0.4, -0.2) is 55.2 Å². The molecule has 0 radical (unpaired) electrons. The standard InChI is InChI=1S/C26H29NO6/c1-26(2,3)18-8-5-16(6-9-18)22-21(24(29)25(30)27(22)11-12-31-4)23(28)17-7-10-19-20(15-17)33-14-13-32-19/h5-10,15,22,28H,11-14H2,1-4H3. The lowest BCUT2D eigenvalue weighted by Crippen LogP contribution is -2.32. The van der Waals surface area contributed by atoms with E-state index in [1.165, 1.54) is 4.90 Å². The smallest absolute Gasteiger partial charge is 0.295 e. The Kier molecular flexibility index (Phi) is 6.17. The summed E-state index contributed by atoms with van der Waals surface area (Å²) in [6, 6.07) is 12.1. The average Bonchev–Trinajstić information content (AvgIpc) is 3.06. The SMILES string of the molecule is COCCN1C(=O)C(=O)C(=C(O)c2ccc3c(c2)OCCO3)C1c1ccc(C(C)(C)C)cc1. The van der Waals surface area contributed by atoms with Crippen LogP contribution in [0.4, 0.5) is 0 Å². The monoisotopic (exact) mass is 451 g/mol. The Labute approximate surface area is 193 Å². The molecule has 174 valence electrons. The lowest BCUT2D eigenvalue weighted by molar-refractivity contribution is -0.140. The molecule has 0 aromatic heterocycles. The molecule has 1 atom stereocenters. The second kappa shape index (κ2) is 8.90. The Morgan fingerprint density at radius 3 is 2.36 bits per heavy atom. The first-order chi connectivity index (χ1) is 15.7. The van der Waals surface area contributed by atoms with Crippen LogP contribution in [0, 0.1) is 0 Å². The largest absolute Gasteiger partial charge is 0.507 e. The summed E-state index contributed by atoms with van der Waals surface area (Å²) in [5, 5.41) is 11.2. The normalized spacial score (nSPS) is 19.8. The number of carbonyl (C=O) groups is 2. The number of likely N-dealkylation sites (tertiary alicyclic amines) is 1. The van der Waals surface area contributed by atoms with Gasteiger partial charge >= 0.3 is 0 Å². The van der Waals surface area contributed by atoms with Crippen LogP contribution in [0.1, 0.15) is 43.5 Å². The van der Waals surface area contributed by atoms with Crippen molar-refractivity contribution in [1.29, 1.82) is 0 Å². The molecule has 2 aromatic rings. The number of amides is 1. The second-order valence-electron chi connectivity index (χ2n) is 9.22. The van der Waals surface area contributed by atoms with E-state index in [4.69, 9.17) is 14.2 Å².